The standard InChI is InChI=1S/C48H48ClFN6O6S/c1-48(2)35(17-18-38(43(48)49)60-26-25-56-23-21-55(3)22-24-56)40-41-45(52-29-53-46(41)63-42(40)30-13-15-32(50)16-14-30)62-39(47(57)58)27-31-9-5-7-11-36(31)61-28-33-19-20-51-44(54-33)34-10-6-8-12-37(34)59-4/h5-20,29,35,39H,21-28H2,1-4H3,(H,57,58)/t35?,39-/m1/s1. The van der Waals surface area contributed by atoms with E-state index in [9.17, 15) is 14.3 Å². The number of fused-ring (bicyclic) bond motifs is 1. The van der Waals surface area contributed by atoms with Crippen LogP contribution in [0.4, 0.5) is 4.39 Å². The molecule has 3 aromatic heterocycles. The molecule has 0 bridgehead atoms. The van der Waals surface area contributed by atoms with Crippen LogP contribution >= 0.6 is 22.9 Å². The van der Waals surface area contributed by atoms with Gasteiger partial charge in [-0.15, -0.1) is 11.3 Å². The monoisotopic (exact) mass is 890 g/mol. The van der Waals surface area contributed by atoms with Gasteiger partial charge >= 0.3 is 5.97 Å². The summed E-state index contributed by atoms with van der Waals surface area (Å²) in [4.78, 5) is 37.5. The number of methoxy groups -OCH3 is 1. The average Bonchev–Trinajstić information content (AvgIpc) is 3.68. The summed E-state index contributed by atoms with van der Waals surface area (Å²) in [7, 11) is 3.73. The molecular formula is C48H48ClFN6O6S. The summed E-state index contributed by atoms with van der Waals surface area (Å²) in [5.74, 6) is 0.406. The van der Waals surface area contributed by atoms with E-state index in [1.54, 1.807) is 37.6 Å². The Labute approximate surface area is 374 Å². The van der Waals surface area contributed by atoms with E-state index in [4.69, 9.17) is 35.5 Å². The maximum atomic E-state index is 14.3. The molecule has 0 amide bonds. The molecule has 326 valence electrons. The number of allylic oxidation sites excluding steroid dienone is 3. The van der Waals surface area contributed by atoms with E-state index in [1.165, 1.54) is 29.8 Å². The summed E-state index contributed by atoms with van der Waals surface area (Å²) in [6.45, 7) is 9.49. The van der Waals surface area contributed by atoms with Gasteiger partial charge in [-0.25, -0.2) is 29.1 Å². The number of hydrogen-bond donors (Lipinski definition) is 1. The molecule has 6 aromatic rings. The zero-order chi connectivity index (χ0) is 44.1. The number of carboxylic acid groups (broad SMARTS) is 1. The number of likely N-dealkylation sites (N-methyl/N-ethyl adjacent to an activating group) is 1. The molecule has 15 heteroatoms. The van der Waals surface area contributed by atoms with Crippen molar-refractivity contribution in [3.63, 3.8) is 0 Å². The van der Waals surface area contributed by atoms with Crippen LogP contribution < -0.4 is 14.2 Å². The number of aliphatic carboxylic acids is 1. The van der Waals surface area contributed by atoms with E-state index >= 15 is 0 Å². The van der Waals surface area contributed by atoms with Crippen molar-refractivity contribution in [2.75, 3.05) is 53.5 Å². The van der Waals surface area contributed by atoms with Crippen molar-refractivity contribution in [1.29, 1.82) is 0 Å². The largest absolute Gasteiger partial charge is 0.496 e. The number of aromatic nitrogens is 4. The molecule has 0 spiro atoms. The minimum absolute atomic E-state index is 0.0459. The van der Waals surface area contributed by atoms with Gasteiger partial charge < -0.3 is 29.0 Å². The lowest BCUT2D eigenvalue weighted by Gasteiger charge is -2.37. The number of halogens is 2. The first kappa shape index (κ1) is 43.7. The van der Waals surface area contributed by atoms with Gasteiger partial charge in [-0.05, 0) is 66.2 Å². The molecule has 12 nitrogen and oxygen atoms in total. The molecule has 8 rings (SSSR count). The maximum Gasteiger partial charge on any atom is 0.345 e. The number of benzene rings is 3. The number of thiophene rings is 1. The Bertz CT molecular complexity index is 2650. The van der Waals surface area contributed by atoms with Gasteiger partial charge in [0.15, 0.2) is 5.82 Å². The van der Waals surface area contributed by atoms with Crippen LogP contribution in [0.5, 0.6) is 17.4 Å². The normalized spacial score (nSPS) is 17.1. The third kappa shape index (κ3) is 9.69. The van der Waals surface area contributed by atoms with Gasteiger partial charge in [0.2, 0.25) is 12.0 Å². The maximum absolute atomic E-state index is 14.3. The van der Waals surface area contributed by atoms with Gasteiger partial charge in [0.05, 0.1) is 28.8 Å². The first-order valence-corrected chi connectivity index (χ1v) is 21.9. The second-order valence-corrected chi connectivity index (χ2v) is 17.4. The fourth-order valence-electron chi connectivity index (χ4n) is 7.92. The molecule has 1 aliphatic heterocycles. The van der Waals surface area contributed by atoms with Crippen molar-refractivity contribution < 1.29 is 33.2 Å². The first-order valence-electron chi connectivity index (χ1n) is 20.7. The molecule has 1 saturated heterocycles. The Morgan fingerprint density at radius 3 is 2.48 bits per heavy atom. The summed E-state index contributed by atoms with van der Waals surface area (Å²) in [6.07, 6.45) is 5.57. The molecule has 63 heavy (non-hydrogen) atoms. The van der Waals surface area contributed by atoms with Gasteiger partial charge in [0.25, 0.3) is 0 Å². The van der Waals surface area contributed by atoms with Crippen LogP contribution in [0.1, 0.15) is 36.6 Å². The number of rotatable bonds is 16. The van der Waals surface area contributed by atoms with Gasteiger partial charge in [-0.2, -0.15) is 0 Å². The van der Waals surface area contributed by atoms with E-state index < -0.39 is 17.5 Å². The molecule has 1 fully saturated rings. The van der Waals surface area contributed by atoms with Crippen LogP contribution in [0.2, 0.25) is 0 Å². The summed E-state index contributed by atoms with van der Waals surface area (Å²) < 4.78 is 38.8. The Morgan fingerprint density at radius 2 is 1.71 bits per heavy atom. The molecule has 1 unspecified atom stereocenters. The van der Waals surface area contributed by atoms with Crippen molar-refractivity contribution >= 4 is 39.1 Å². The number of hydrogen-bond acceptors (Lipinski definition) is 12. The average molecular weight is 891 g/mol. The minimum Gasteiger partial charge on any atom is -0.496 e. The molecule has 2 aliphatic rings. The predicted octanol–water partition coefficient (Wildman–Crippen LogP) is 9.01. The number of nitrogens with zero attached hydrogens (tertiary/aromatic N) is 6. The molecule has 0 saturated carbocycles. The zero-order valence-electron chi connectivity index (χ0n) is 35.5. The van der Waals surface area contributed by atoms with E-state index in [0.717, 1.165) is 54.3 Å². The van der Waals surface area contributed by atoms with Crippen LogP contribution in [-0.2, 0) is 22.6 Å². The molecule has 2 atom stereocenters. The zero-order valence-corrected chi connectivity index (χ0v) is 37.0. The molecule has 1 N–H and O–H groups in total. The van der Waals surface area contributed by atoms with Crippen LogP contribution in [0, 0.1) is 11.2 Å². The van der Waals surface area contributed by atoms with Crippen molar-refractivity contribution in [2.24, 2.45) is 5.41 Å². The fourth-order valence-corrected chi connectivity index (χ4v) is 9.34. The minimum atomic E-state index is -1.37. The summed E-state index contributed by atoms with van der Waals surface area (Å²) >= 11 is 8.65. The van der Waals surface area contributed by atoms with E-state index in [1.807, 2.05) is 62.4 Å². The van der Waals surface area contributed by atoms with Crippen LogP contribution in [0.3, 0.4) is 0 Å². The molecule has 4 heterocycles. The van der Waals surface area contributed by atoms with Crippen molar-refractivity contribution in [3.05, 3.63) is 137 Å². The van der Waals surface area contributed by atoms with Crippen LogP contribution in [-0.4, -0.2) is 100 Å². The number of carboxylic acids is 1. The quantitative estimate of drug-likeness (QED) is 0.0995. The lowest BCUT2D eigenvalue weighted by molar-refractivity contribution is -0.145. The smallest absolute Gasteiger partial charge is 0.345 e. The molecule has 1 aliphatic carbocycles. The van der Waals surface area contributed by atoms with E-state index in [2.05, 4.69) is 37.9 Å². The van der Waals surface area contributed by atoms with Gasteiger partial charge in [-0.3, -0.25) is 4.90 Å². The van der Waals surface area contributed by atoms with Crippen molar-refractivity contribution in [3.8, 4) is 39.2 Å². The number of carbonyl (C=O) groups is 1. The van der Waals surface area contributed by atoms with Crippen LogP contribution in [0.25, 0.3) is 32.0 Å². The topological polar surface area (TPSA) is 132 Å². The molecule has 3 aromatic carbocycles. The number of piperazine rings is 1. The molecular weight excluding hydrogens is 843 g/mol. The second-order valence-electron chi connectivity index (χ2n) is 16.1. The van der Waals surface area contributed by atoms with Gasteiger partial charge in [0.1, 0.15) is 47.4 Å². The van der Waals surface area contributed by atoms with Gasteiger partial charge in [0, 0.05) is 61.6 Å². The first-order chi connectivity index (χ1) is 30.5. The highest BCUT2D eigenvalue weighted by molar-refractivity contribution is 7.22. The Kier molecular flexibility index (Phi) is 13.3. The Balaban J connectivity index is 1.07. The lowest BCUT2D eigenvalue weighted by Crippen LogP contribution is -2.45. The lowest BCUT2D eigenvalue weighted by atomic mass is 9.71. The van der Waals surface area contributed by atoms with Crippen molar-refractivity contribution in [2.45, 2.75) is 38.9 Å². The second kappa shape index (κ2) is 19.2. The predicted molar refractivity (Wildman–Crippen MR) is 242 cm³/mol. The van der Waals surface area contributed by atoms with E-state index in [0.29, 0.717) is 56.2 Å². The number of para-hydroxylation sites is 2. The molecule has 0 radical (unpaired) electrons. The van der Waals surface area contributed by atoms with Crippen molar-refractivity contribution in [1.82, 2.24) is 29.7 Å². The third-order valence-electron chi connectivity index (χ3n) is 11.5. The highest BCUT2D eigenvalue weighted by atomic mass is 35.5. The van der Waals surface area contributed by atoms with Crippen LogP contribution in [0.15, 0.2) is 114 Å². The summed E-state index contributed by atoms with van der Waals surface area (Å²) in [6, 6.07) is 22.8. The highest BCUT2D eigenvalue weighted by Crippen LogP contribution is 2.55. The Hall–Kier alpha value is -5.93. The third-order valence-corrected chi connectivity index (χ3v) is 13.3. The summed E-state index contributed by atoms with van der Waals surface area (Å²) in [5.41, 5.74) is 2.83. The highest BCUT2D eigenvalue weighted by Gasteiger charge is 2.41. The Morgan fingerprint density at radius 1 is 0.968 bits per heavy atom. The summed E-state index contributed by atoms with van der Waals surface area (Å²) in [5, 5.41) is 11.8. The van der Waals surface area contributed by atoms with E-state index in [-0.39, 0.29) is 30.6 Å². The SMILES string of the molecule is COc1ccccc1-c1nccc(COc2ccccc2C[C@@H](Oc2ncnc3sc(-c4ccc(F)cc4)c(C4C=CC(OCCN5CCN(C)CC5)=C(Cl)C4(C)C)c23)C(=O)O)n1. The van der Waals surface area contributed by atoms with Gasteiger partial charge in [-0.1, -0.05) is 74.0 Å². The fraction of sp³-hybridized carbons (Fsp3) is 0.312. The number of ether oxygens (including phenoxy) is 4.